The van der Waals surface area contributed by atoms with E-state index in [0.717, 1.165) is 12.4 Å². The van der Waals surface area contributed by atoms with Gasteiger partial charge in [0.1, 0.15) is 44.9 Å². The van der Waals surface area contributed by atoms with Crippen molar-refractivity contribution >= 4 is 87.2 Å². The largest absolute Gasteiger partial charge is 0.507 e. The number of phenolic OH excluding ortho intramolecular Hbond substituents is 2. The van der Waals surface area contributed by atoms with Crippen molar-refractivity contribution in [2.24, 2.45) is 0 Å². The van der Waals surface area contributed by atoms with Gasteiger partial charge in [-0.05, 0) is 60.0 Å². The van der Waals surface area contributed by atoms with Crippen molar-refractivity contribution < 1.29 is 54.2 Å². The van der Waals surface area contributed by atoms with Gasteiger partial charge >= 0.3 is 0 Å². The number of nitrogens with zero attached hydrogens (tertiary/aromatic N) is 2. The number of para-hydroxylation sites is 4. The van der Waals surface area contributed by atoms with Crippen LogP contribution >= 0.6 is 0 Å². The highest BCUT2D eigenvalue weighted by Crippen LogP contribution is 2.47. The zero-order valence-electron chi connectivity index (χ0n) is 39.0. The number of halogens is 8. The lowest BCUT2D eigenvalue weighted by Crippen LogP contribution is -2.21. The van der Waals surface area contributed by atoms with Gasteiger partial charge in [-0.1, -0.05) is 100 Å². The first-order valence-electron chi connectivity index (χ1n) is 22.6. The number of benzene rings is 8. The molecule has 0 amide bonds. The molecule has 12 aromatic rings. The Labute approximate surface area is 403 Å². The summed E-state index contributed by atoms with van der Waals surface area (Å²) in [4.78, 5) is 7.73. The summed E-state index contributed by atoms with van der Waals surface area (Å²) in [6.07, 6.45) is 1.70. The summed E-state index contributed by atoms with van der Waals surface area (Å²) < 4.78 is 145. The summed E-state index contributed by atoms with van der Waals surface area (Å²) in [5.41, 5.74) is -2.19. The third-order valence-electron chi connectivity index (χ3n) is 14.1. The minimum absolute atomic E-state index is 0.133. The van der Waals surface area contributed by atoms with Crippen molar-refractivity contribution in [2.45, 2.75) is 52.4 Å². The quantitative estimate of drug-likeness (QED) is 0.116. The van der Waals surface area contributed by atoms with Gasteiger partial charge in [-0.3, -0.25) is 0 Å². The van der Waals surface area contributed by atoms with Crippen LogP contribution in [-0.2, 0) is 10.8 Å². The first-order valence-corrected chi connectivity index (χ1v) is 22.6. The van der Waals surface area contributed by atoms with Gasteiger partial charge < -0.3 is 19.0 Å². The van der Waals surface area contributed by atoms with E-state index in [1.165, 1.54) is 50.2 Å². The summed E-state index contributed by atoms with van der Waals surface area (Å²) in [5.74, 6) is -15.2. The average Bonchev–Trinajstić information content (AvgIpc) is 3.35. The van der Waals surface area contributed by atoms with Crippen LogP contribution < -0.4 is 0 Å². The van der Waals surface area contributed by atoms with Gasteiger partial charge in [-0.15, -0.1) is 0 Å². The summed E-state index contributed by atoms with van der Waals surface area (Å²) in [6, 6.07) is 24.8. The number of hydrogen-bond donors (Lipinski definition) is 2. The molecule has 0 unspecified atom stereocenters. The maximum Gasteiger partial charge on any atom is 0.188 e. The maximum atomic E-state index is 16.6. The fraction of sp³-hybridized carbons (Fsp3) is 0.138. The van der Waals surface area contributed by atoms with Crippen molar-refractivity contribution in [1.82, 2.24) is 9.97 Å². The van der Waals surface area contributed by atoms with E-state index in [-0.39, 0.29) is 55.0 Å². The molecule has 2 N–H and O–H groups in total. The number of aryl methyl sites for hydroxylation is 2. The van der Waals surface area contributed by atoms with Gasteiger partial charge in [0.25, 0.3) is 0 Å². The first kappa shape index (κ1) is 46.1. The number of rotatable bonds is 0. The van der Waals surface area contributed by atoms with Crippen LogP contribution in [0.4, 0.5) is 35.1 Å². The Morgan fingerprint density at radius 1 is 0.389 bits per heavy atom. The van der Waals surface area contributed by atoms with Gasteiger partial charge in [-0.2, -0.15) is 0 Å². The Hall–Kier alpha value is -8.26. The molecule has 8 aromatic carbocycles. The first-order chi connectivity index (χ1) is 34.2. The summed E-state index contributed by atoms with van der Waals surface area (Å²) in [7, 11) is 0. The molecule has 6 nitrogen and oxygen atoms in total. The zero-order chi connectivity index (χ0) is 51.0. The van der Waals surface area contributed by atoms with Crippen LogP contribution in [0.15, 0.2) is 118 Å². The van der Waals surface area contributed by atoms with Crippen molar-refractivity contribution in [2.75, 3.05) is 0 Å². The van der Waals surface area contributed by atoms with Crippen LogP contribution in [0.1, 0.15) is 61.1 Å². The van der Waals surface area contributed by atoms with Crippen LogP contribution in [0.5, 0.6) is 11.5 Å². The van der Waals surface area contributed by atoms with E-state index in [2.05, 4.69) is 9.97 Å². The molecule has 360 valence electrons. The molecule has 0 radical (unpaired) electrons. The lowest BCUT2D eigenvalue weighted by atomic mass is 9.75. The normalized spacial score (nSPS) is 13.8. The highest BCUT2D eigenvalue weighted by atomic mass is 19.2. The van der Waals surface area contributed by atoms with Crippen LogP contribution in [0.3, 0.4) is 0 Å². The van der Waals surface area contributed by atoms with Gasteiger partial charge in [0, 0.05) is 77.8 Å². The molecule has 72 heavy (non-hydrogen) atoms. The van der Waals surface area contributed by atoms with Gasteiger partial charge in [-0.25, -0.2) is 45.1 Å². The lowest BCUT2D eigenvalue weighted by Gasteiger charge is -2.30. The maximum absolute atomic E-state index is 16.6. The molecule has 6 heterocycles. The Bertz CT molecular complexity index is 3990. The van der Waals surface area contributed by atoms with Gasteiger partial charge in [0.05, 0.1) is 10.8 Å². The van der Waals surface area contributed by atoms with Gasteiger partial charge in [0.2, 0.25) is 0 Å². The molecule has 14 rings (SSSR count). The minimum atomic E-state index is -1.83. The lowest BCUT2D eigenvalue weighted by molar-refractivity contribution is 0.476. The van der Waals surface area contributed by atoms with E-state index >= 15 is 35.1 Å². The van der Waals surface area contributed by atoms with E-state index in [0.29, 0.717) is 43.8 Å². The van der Waals surface area contributed by atoms with Crippen LogP contribution in [-0.4, -0.2) is 20.2 Å². The summed E-state index contributed by atoms with van der Waals surface area (Å²) in [6.45, 7) is 10.3. The van der Waals surface area contributed by atoms with Crippen LogP contribution in [0.25, 0.3) is 87.2 Å². The fourth-order valence-corrected chi connectivity index (χ4v) is 10.2. The molecule has 2 aliphatic rings. The van der Waals surface area contributed by atoms with E-state index in [4.69, 9.17) is 8.83 Å². The Balaban J connectivity index is 1.37. The Morgan fingerprint density at radius 2 is 0.681 bits per heavy atom. The minimum Gasteiger partial charge on any atom is -0.507 e. The monoisotopic (exact) mass is 978 g/mol. The second-order valence-electron chi connectivity index (χ2n) is 19.1. The predicted molar refractivity (Wildman–Crippen MR) is 263 cm³/mol. The summed E-state index contributed by atoms with van der Waals surface area (Å²) in [5, 5.41) is 20.7. The SMILES string of the molecule is Cc1cc2cc(cnc3c(F)c(F)c(c(F)c3F)c3cccc4c3oc3c(cccc3c3cc(C)c(O)c(cnc5c(F)c(F)c(c(F)c5F)c5cccc6c5oc5c(cccc25)C6(C)C)c3)C4(C)C)c1O. The van der Waals surface area contributed by atoms with Crippen molar-refractivity contribution in [3.63, 3.8) is 0 Å². The highest BCUT2D eigenvalue weighted by molar-refractivity contribution is 6.05. The number of aromatic nitrogens is 2. The molecular formula is C58H38F8N2O4. The molecule has 12 bridgehead atoms. The summed E-state index contributed by atoms with van der Waals surface area (Å²) >= 11 is 0. The van der Waals surface area contributed by atoms with E-state index in [1.807, 2.05) is 27.7 Å². The topological polar surface area (TPSA) is 92.5 Å². The van der Waals surface area contributed by atoms with Crippen LogP contribution in [0.2, 0.25) is 0 Å². The predicted octanol–water partition coefficient (Wildman–Crippen LogP) is 16.4. The number of aromatic hydroxyl groups is 2. The molecule has 14 heteroatoms. The Kier molecular flexibility index (Phi) is 10.3. The molecular weight excluding hydrogens is 941 g/mol. The zero-order valence-corrected chi connectivity index (χ0v) is 39.0. The second-order valence-corrected chi connectivity index (χ2v) is 19.1. The number of phenols is 2. The molecule has 2 aliphatic heterocycles. The average molecular weight is 979 g/mol. The smallest absolute Gasteiger partial charge is 0.188 e. The fourth-order valence-electron chi connectivity index (χ4n) is 10.2. The van der Waals surface area contributed by atoms with Crippen LogP contribution in [0, 0.1) is 60.4 Å². The van der Waals surface area contributed by atoms with E-state index < -0.39 is 90.7 Å². The van der Waals surface area contributed by atoms with Crippen molar-refractivity contribution in [3.8, 4) is 11.5 Å². The molecule has 0 atom stereocenters. The Morgan fingerprint density at radius 3 is 1.00 bits per heavy atom. The highest BCUT2D eigenvalue weighted by Gasteiger charge is 2.35. The molecule has 4 aromatic heterocycles. The van der Waals surface area contributed by atoms with Crippen molar-refractivity contribution in [3.05, 3.63) is 189 Å². The van der Waals surface area contributed by atoms with Crippen molar-refractivity contribution in [1.29, 1.82) is 0 Å². The second kappa shape index (κ2) is 16.1. The molecule has 0 fully saturated rings. The van der Waals surface area contributed by atoms with E-state index in [1.54, 1.807) is 60.7 Å². The van der Waals surface area contributed by atoms with E-state index in [9.17, 15) is 10.2 Å². The number of hydrogen-bond acceptors (Lipinski definition) is 6. The molecule has 0 spiro atoms. The third-order valence-corrected chi connectivity index (χ3v) is 14.1. The molecule has 0 saturated carbocycles. The third kappa shape index (κ3) is 6.60. The standard InChI is InChI=1S/C58H38F8N2O4/c1-25-19-27-21-29(51(25)69)23-67-49-45(63)41(59)40(42(60)46(49)64)34-14-10-18-38-56(34)72-54-32(12-8-16-36(54)58(38,5)6)28-20-26(2)52(70)30(22-28)24-68-50-47(65)43(61)39(44(62)48(50)66)33-13-9-17-37-55(33)71-53-31(27)11-7-15-35(53)57(37,3)4/h7-24,69-70H,1-6H3. The van der Waals surface area contributed by atoms with Gasteiger partial charge in [0.15, 0.2) is 46.5 Å². The molecule has 0 saturated heterocycles. The molecule has 0 aliphatic carbocycles.